The van der Waals surface area contributed by atoms with Crippen LogP contribution in [0.3, 0.4) is 0 Å². The molecule has 0 unspecified atom stereocenters. The van der Waals surface area contributed by atoms with Crippen molar-refractivity contribution in [3.63, 3.8) is 0 Å². The van der Waals surface area contributed by atoms with Gasteiger partial charge in [0, 0.05) is 23.5 Å². The lowest BCUT2D eigenvalue weighted by molar-refractivity contribution is 1.29. The minimum Gasteiger partial charge on any atom is -0.397 e. The number of nitrogens with one attached hydrogen (secondary N) is 1. The van der Waals surface area contributed by atoms with Crippen molar-refractivity contribution in [3.8, 4) is 6.07 Å². The Bertz CT molecular complexity index is 815. The number of nitrogen functional groups attached to an aromatic ring is 1. The number of fused-ring (bicyclic) bond motifs is 1. The number of nitriles is 1. The van der Waals surface area contributed by atoms with Gasteiger partial charge in [-0.05, 0) is 23.6 Å². The van der Waals surface area contributed by atoms with Gasteiger partial charge in [0.15, 0.2) is 0 Å². The summed E-state index contributed by atoms with van der Waals surface area (Å²) in [7, 11) is 0. The van der Waals surface area contributed by atoms with Crippen molar-refractivity contribution in [2.45, 2.75) is 0 Å². The van der Waals surface area contributed by atoms with Gasteiger partial charge in [-0.15, -0.1) is 0 Å². The van der Waals surface area contributed by atoms with Crippen LogP contribution in [0, 0.1) is 11.3 Å². The van der Waals surface area contributed by atoms with E-state index in [1.165, 1.54) is 6.20 Å². The van der Waals surface area contributed by atoms with Crippen LogP contribution in [0.1, 0.15) is 5.56 Å². The lowest BCUT2D eigenvalue weighted by atomic mass is 10.1. The summed E-state index contributed by atoms with van der Waals surface area (Å²) >= 11 is 0. The summed E-state index contributed by atoms with van der Waals surface area (Å²) in [6, 6.07) is 11.5. The first-order valence-corrected chi connectivity index (χ1v) is 6.03. The molecule has 0 saturated carbocycles. The van der Waals surface area contributed by atoms with E-state index in [2.05, 4.69) is 21.4 Å². The maximum Gasteiger partial charge on any atom is 0.148 e. The second kappa shape index (κ2) is 4.86. The van der Waals surface area contributed by atoms with E-state index in [0.29, 0.717) is 17.1 Å². The molecule has 96 valence electrons. The Labute approximate surface area is 115 Å². The predicted octanol–water partition coefficient (Wildman–Crippen LogP) is 2.83. The zero-order valence-corrected chi connectivity index (χ0v) is 10.5. The van der Waals surface area contributed by atoms with Crippen molar-refractivity contribution in [1.82, 2.24) is 9.97 Å². The largest absolute Gasteiger partial charge is 0.397 e. The van der Waals surface area contributed by atoms with Crippen LogP contribution in [-0.2, 0) is 0 Å². The topological polar surface area (TPSA) is 87.6 Å². The molecule has 0 aliphatic heterocycles. The summed E-state index contributed by atoms with van der Waals surface area (Å²) in [5.41, 5.74) is 7.36. The zero-order chi connectivity index (χ0) is 13.9. The van der Waals surface area contributed by atoms with Gasteiger partial charge >= 0.3 is 0 Å². The summed E-state index contributed by atoms with van der Waals surface area (Å²) in [5, 5.41) is 14.3. The van der Waals surface area contributed by atoms with E-state index in [1.54, 1.807) is 18.5 Å². The molecule has 2 aromatic heterocycles. The van der Waals surface area contributed by atoms with Crippen LogP contribution < -0.4 is 11.1 Å². The highest BCUT2D eigenvalue weighted by atomic mass is 15.0. The summed E-state index contributed by atoms with van der Waals surface area (Å²) in [5.74, 6) is 0.484. The first kappa shape index (κ1) is 11.9. The molecule has 0 fully saturated rings. The van der Waals surface area contributed by atoms with Gasteiger partial charge in [0.2, 0.25) is 0 Å². The Morgan fingerprint density at radius 3 is 2.95 bits per heavy atom. The fourth-order valence-electron chi connectivity index (χ4n) is 2.02. The molecular weight excluding hydrogens is 250 g/mol. The molecule has 0 saturated heterocycles. The number of nitrogens with two attached hydrogens (primary N) is 1. The number of aromatic nitrogens is 2. The number of rotatable bonds is 2. The highest BCUT2D eigenvalue weighted by Crippen LogP contribution is 2.26. The van der Waals surface area contributed by atoms with Gasteiger partial charge in [-0.3, -0.25) is 4.98 Å². The number of hydrogen-bond donors (Lipinski definition) is 2. The molecule has 1 aromatic carbocycles. The minimum atomic E-state index is 0.408. The molecule has 3 aromatic rings. The second-order valence-corrected chi connectivity index (χ2v) is 4.30. The Morgan fingerprint density at radius 1 is 1.20 bits per heavy atom. The molecule has 0 atom stereocenters. The maximum atomic E-state index is 9.14. The van der Waals surface area contributed by atoms with Crippen LogP contribution in [0.25, 0.3) is 10.8 Å². The molecular formula is C15H11N5. The van der Waals surface area contributed by atoms with Crippen molar-refractivity contribution in [2.24, 2.45) is 0 Å². The highest BCUT2D eigenvalue weighted by Gasteiger charge is 2.07. The van der Waals surface area contributed by atoms with Crippen LogP contribution in [0.4, 0.5) is 17.2 Å². The lowest BCUT2D eigenvalue weighted by Crippen LogP contribution is -1.99. The molecule has 20 heavy (non-hydrogen) atoms. The van der Waals surface area contributed by atoms with Crippen molar-refractivity contribution in [1.29, 1.82) is 5.26 Å². The van der Waals surface area contributed by atoms with Gasteiger partial charge in [-0.1, -0.05) is 12.1 Å². The average molecular weight is 261 g/mol. The second-order valence-electron chi connectivity index (χ2n) is 4.30. The summed E-state index contributed by atoms with van der Waals surface area (Å²) < 4.78 is 0. The molecule has 0 spiro atoms. The quantitative estimate of drug-likeness (QED) is 0.740. The van der Waals surface area contributed by atoms with Gasteiger partial charge in [0.05, 0.1) is 17.4 Å². The normalized spacial score (nSPS) is 10.2. The molecule has 0 aliphatic rings. The molecule has 5 heteroatoms. The highest BCUT2D eigenvalue weighted by molar-refractivity contribution is 5.94. The Morgan fingerprint density at radius 2 is 2.10 bits per heavy atom. The average Bonchev–Trinajstić information content (AvgIpc) is 2.49. The van der Waals surface area contributed by atoms with Crippen LogP contribution in [-0.4, -0.2) is 9.97 Å². The zero-order valence-electron chi connectivity index (χ0n) is 10.5. The third-order valence-corrected chi connectivity index (χ3v) is 2.97. The SMILES string of the molecule is N#Cc1cc(N)cnc1Nc1cccc2ccncc12. The smallest absolute Gasteiger partial charge is 0.148 e. The standard InChI is InChI=1S/C15H11N5/c16-7-11-6-12(17)8-19-15(11)20-14-3-1-2-10-4-5-18-9-13(10)14/h1-6,8-9H,17H2,(H,19,20). The van der Waals surface area contributed by atoms with E-state index < -0.39 is 0 Å². The molecule has 0 bridgehead atoms. The molecule has 0 amide bonds. The number of benzene rings is 1. The van der Waals surface area contributed by atoms with Gasteiger partial charge in [-0.25, -0.2) is 4.98 Å². The lowest BCUT2D eigenvalue weighted by Gasteiger charge is -2.10. The van der Waals surface area contributed by atoms with Crippen LogP contribution >= 0.6 is 0 Å². The van der Waals surface area contributed by atoms with E-state index in [1.807, 2.05) is 24.3 Å². The van der Waals surface area contributed by atoms with Gasteiger partial charge < -0.3 is 11.1 Å². The fraction of sp³-hybridized carbons (Fsp3) is 0. The summed E-state index contributed by atoms with van der Waals surface area (Å²) in [4.78, 5) is 8.30. The van der Waals surface area contributed by atoms with Crippen molar-refractivity contribution in [2.75, 3.05) is 11.1 Å². The molecule has 5 nitrogen and oxygen atoms in total. The van der Waals surface area contributed by atoms with E-state index in [9.17, 15) is 0 Å². The summed E-state index contributed by atoms with van der Waals surface area (Å²) in [6.45, 7) is 0. The third-order valence-electron chi connectivity index (χ3n) is 2.97. The predicted molar refractivity (Wildman–Crippen MR) is 78.4 cm³/mol. The van der Waals surface area contributed by atoms with E-state index in [-0.39, 0.29) is 0 Å². The van der Waals surface area contributed by atoms with Gasteiger partial charge in [0.25, 0.3) is 0 Å². The van der Waals surface area contributed by atoms with Gasteiger partial charge in [-0.2, -0.15) is 5.26 Å². The minimum absolute atomic E-state index is 0.408. The van der Waals surface area contributed by atoms with Gasteiger partial charge in [0.1, 0.15) is 11.9 Å². The number of nitrogens with zero attached hydrogens (tertiary/aromatic N) is 3. The summed E-state index contributed by atoms with van der Waals surface area (Å²) in [6.07, 6.45) is 5.04. The van der Waals surface area contributed by atoms with Crippen molar-refractivity contribution < 1.29 is 0 Å². The molecule has 3 N–H and O–H groups in total. The van der Waals surface area contributed by atoms with E-state index >= 15 is 0 Å². The molecule has 3 rings (SSSR count). The monoisotopic (exact) mass is 261 g/mol. The fourth-order valence-corrected chi connectivity index (χ4v) is 2.02. The van der Waals surface area contributed by atoms with E-state index in [0.717, 1.165) is 16.5 Å². The number of anilines is 3. The van der Waals surface area contributed by atoms with Crippen LogP contribution in [0.2, 0.25) is 0 Å². The first-order valence-electron chi connectivity index (χ1n) is 6.03. The Balaban J connectivity index is 2.08. The van der Waals surface area contributed by atoms with E-state index in [4.69, 9.17) is 11.0 Å². The molecule has 2 heterocycles. The molecule has 0 radical (unpaired) electrons. The number of pyridine rings is 2. The van der Waals surface area contributed by atoms with Crippen molar-refractivity contribution >= 4 is 28.0 Å². The first-order chi connectivity index (χ1) is 9.78. The third kappa shape index (κ3) is 2.10. The Kier molecular flexibility index (Phi) is 2.90. The molecule has 0 aliphatic carbocycles. The van der Waals surface area contributed by atoms with Crippen molar-refractivity contribution in [3.05, 3.63) is 54.5 Å². The van der Waals surface area contributed by atoms with Crippen LogP contribution in [0.5, 0.6) is 0 Å². The number of hydrogen-bond acceptors (Lipinski definition) is 5. The maximum absolute atomic E-state index is 9.14. The Hall–Kier alpha value is -3.13. The van der Waals surface area contributed by atoms with Crippen LogP contribution in [0.15, 0.2) is 48.9 Å².